The molecule has 1 fully saturated rings. The molecule has 0 bridgehead atoms. The van der Waals surface area contributed by atoms with Gasteiger partial charge < -0.3 is 15.2 Å². The fraction of sp³-hybridized carbons (Fsp3) is 1.00. The summed E-state index contributed by atoms with van der Waals surface area (Å²) in [4.78, 5) is 0. The molecule has 0 amide bonds. The zero-order valence-corrected chi connectivity index (χ0v) is 10.2. The smallest absolute Gasteiger partial charge is 0.172 e. The third-order valence-electron chi connectivity index (χ3n) is 3.72. The van der Waals surface area contributed by atoms with Crippen LogP contribution < -0.4 is 5.73 Å². The van der Waals surface area contributed by atoms with E-state index in [1.54, 1.807) is 14.2 Å². The Morgan fingerprint density at radius 3 is 2.47 bits per heavy atom. The lowest BCUT2D eigenvalue weighted by molar-refractivity contribution is -0.128. The SMILES string of the molecule is CCC1CCCC(C(N)C(OC)OC)C1. The van der Waals surface area contributed by atoms with E-state index in [1.165, 1.54) is 32.1 Å². The molecular weight excluding hydrogens is 190 g/mol. The standard InChI is InChI=1S/C12H25NO2/c1-4-9-6-5-7-10(8-9)11(13)12(14-2)15-3/h9-12H,4-8,13H2,1-3H3. The molecule has 1 saturated carbocycles. The minimum Gasteiger partial charge on any atom is -0.354 e. The van der Waals surface area contributed by atoms with Crippen LogP contribution in [0.4, 0.5) is 0 Å². The minimum atomic E-state index is -0.245. The molecule has 0 radical (unpaired) electrons. The normalized spacial score (nSPS) is 29.4. The quantitative estimate of drug-likeness (QED) is 0.715. The molecule has 0 aromatic rings. The molecule has 3 heteroatoms. The molecule has 3 unspecified atom stereocenters. The van der Waals surface area contributed by atoms with E-state index in [2.05, 4.69) is 6.92 Å². The van der Waals surface area contributed by atoms with Gasteiger partial charge in [0.2, 0.25) is 0 Å². The Bertz CT molecular complexity index is 171. The van der Waals surface area contributed by atoms with Crippen LogP contribution in [0.3, 0.4) is 0 Å². The summed E-state index contributed by atoms with van der Waals surface area (Å²) >= 11 is 0. The van der Waals surface area contributed by atoms with Crippen molar-refractivity contribution in [2.24, 2.45) is 17.6 Å². The number of hydrogen-bond acceptors (Lipinski definition) is 3. The minimum absolute atomic E-state index is 0.0225. The van der Waals surface area contributed by atoms with Crippen LogP contribution in [-0.4, -0.2) is 26.6 Å². The van der Waals surface area contributed by atoms with Gasteiger partial charge in [-0.3, -0.25) is 0 Å². The molecule has 3 atom stereocenters. The van der Waals surface area contributed by atoms with Gasteiger partial charge in [0.1, 0.15) is 0 Å². The Hall–Kier alpha value is -0.120. The van der Waals surface area contributed by atoms with Gasteiger partial charge in [-0.2, -0.15) is 0 Å². The molecule has 2 N–H and O–H groups in total. The Kier molecular flexibility index (Phi) is 5.58. The predicted molar refractivity (Wildman–Crippen MR) is 61.5 cm³/mol. The first-order valence-electron chi connectivity index (χ1n) is 6.04. The van der Waals surface area contributed by atoms with Crippen LogP contribution in [0.1, 0.15) is 39.0 Å². The monoisotopic (exact) mass is 215 g/mol. The summed E-state index contributed by atoms with van der Waals surface area (Å²) in [6, 6.07) is 0.0225. The second kappa shape index (κ2) is 6.46. The highest BCUT2D eigenvalue weighted by Gasteiger charge is 2.30. The molecular formula is C12H25NO2. The molecule has 1 aliphatic rings. The second-order valence-electron chi connectivity index (χ2n) is 4.62. The Morgan fingerprint density at radius 1 is 1.27 bits per heavy atom. The largest absolute Gasteiger partial charge is 0.354 e. The Balaban J connectivity index is 2.47. The first-order chi connectivity index (χ1) is 7.22. The zero-order chi connectivity index (χ0) is 11.3. The average molecular weight is 215 g/mol. The summed E-state index contributed by atoms with van der Waals surface area (Å²) < 4.78 is 10.5. The molecule has 0 saturated heterocycles. The molecule has 1 rings (SSSR count). The second-order valence-corrected chi connectivity index (χ2v) is 4.62. The van der Waals surface area contributed by atoms with Crippen LogP contribution in [0.5, 0.6) is 0 Å². The number of methoxy groups -OCH3 is 2. The lowest BCUT2D eigenvalue weighted by Gasteiger charge is -2.35. The van der Waals surface area contributed by atoms with Gasteiger partial charge in [0, 0.05) is 14.2 Å². The van der Waals surface area contributed by atoms with Crippen molar-refractivity contribution in [2.75, 3.05) is 14.2 Å². The molecule has 0 spiro atoms. The highest BCUT2D eigenvalue weighted by atomic mass is 16.7. The molecule has 0 aliphatic heterocycles. The fourth-order valence-electron chi connectivity index (χ4n) is 2.69. The highest BCUT2D eigenvalue weighted by molar-refractivity contribution is 4.82. The molecule has 15 heavy (non-hydrogen) atoms. The van der Waals surface area contributed by atoms with Gasteiger partial charge >= 0.3 is 0 Å². The fourth-order valence-corrected chi connectivity index (χ4v) is 2.69. The van der Waals surface area contributed by atoms with Gasteiger partial charge in [-0.25, -0.2) is 0 Å². The summed E-state index contributed by atoms with van der Waals surface area (Å²) in [6.07, 6.45) is 6.15. The van der Waals surface area contributed by atoms with Crippen molar-refractivity contribution < 1.29 is 9.47 Å². The number of ether oxygens (including phenoxy) is 2. The van der Waals surface area contributed by atoms with Crippen LogP contribution in [0.25, 0.3) is 0 Å². The van der Waals surface area contributed by atoms with E-state index < -0.39 is 0 Å². The van der Waals surface area contributed by atoms with E-state index in [1.807, 2.05) is 0 Å². The topological polar surface area (TPSA) is 44.5 Å². The average Bonchev–Trinajstić information content (AvgIpc) is 2.30. The number of hydrogen-bond donors (Lipinski definition) is 1. The maximum atomic E-state index is 6.18. The van der Waals surface area contributed by atoms with Crippen LogP contribution in [0.2, 0.25) is 0 Å². The first-order valence-corrected chi connectivity index (χ1v) is 6.04. The third-order valence-corrected chi connectivity index (χ3v) is 3.72. The lowest BCUT2D eigenvalue weighted by Crippen LogP contribution is -2.45. The summed E-state index contributed by atoms with van der Waals surface area (Å²) in [5, 5.41) is 0. The van der Waals surface area contributed by atoms with Crippen molar-refractivity contribution in [3.63, 3.8) is 0 Å². The first kappa shape index (κ1) is 12.9. The van der Waals surface area contributed by atoms with E-state index in [9.17, 15) is 0 Å². The van der Waals surface area contributed by atoms with Gasteiger partial charge in [0.25, 0.3) is 0 Å². The van der Waals surface area contributed by atoms with Gasteiger partial charge in [-0.05, 0) is 24.7 Å². The molecule has 0 heterocycles. The molecule has 0 aromatic carbocycles. The van der Waals surface area contributed by atoms with Gasteiger partial charge in [-0.1, -0.05) is 26.2 Å². The van der Waals surface area contributed by atoms with Crippen LogP contribution in [0, 0.1) is 11.8 Å². The van der Waals surface area contributed by atoms with E-state index in [0.717, 1.165) is 5.92 Å². The summed E-state index contributed by atoms with van der Waals surface area (Å²) in [7, 11) is 3.32. The van der Waals surface area contributed by atoms with Crippen LogP contribution in [-0.2, 0) is 9.47 Å². The highest BCUT2D eigenvalue weighted by Crippen LogP contribution is 2.33. The third kappa shape index (κ3) is 3.44. The van der Waals surface area contributed by atoms with E-state index in [4.69, 9.17) is 15.2 Å². The van der Waals surface area contributed by atoms with Crippen LogP contribution in [0.15, 0.2) is 0 Å². The molecule has 1 aliphatic carbocycles. The van der Waals surface area contributed by atoms with E-state index >= 15 is 0 Å². The van der Waals surface area contributed by atoms with Gasteiger partial charge in [0.05, 0.1) is 6.04 Å². The predicted octanol–water partition coefficient (Wildman–Crippen LogP) is 2.15. The van der Waals surface area contributed by atoms with Gasteiger partial charge in [-0.15, -0.1) is 0 Å². The summed E-state index contributed by atoms with van der Waals surface area (Å²) in [5.41, 5.74) is 6.18. The molecule has 0 aromatic heterocycles. The van der Waals surface area contributed by atoms with E-state index in [-0.39, 0.29) is 12.3 Å². The zero-order valence-electron chi connectivity index (χ0n) is 10.2. The summed E-state index contributed by atoms with van der Waals surface area (Å²) in [5.74, 6) is 1.41. The summed E-state index contributed by atoms with van der Waals surface area (Å²) in [6.45, 7) is 2.27. The molecule has 3 nitrogen and oxygen atoms in total. The van der Waals surface area contributed by atoms with Crippen molar-refractivity contribution in [1.29, 1.82) is 0 Å². The maximum Gasteiger partial charge on any atom is 0.172 e. The molecule has 90 valence electrons. The maximum absolute atomic E-state index is 6.18. The van der Waals surface area contributed by atoms with E-state index in [0.29, 0.717) is 5.92 Å². The van der Waals surface area contributed by atoms with Gasteiger partial charge in [0.15, 0.2) is 6.29 Å². The number of nitrogens with two attached hydrogens (primary N) is 1. The lowest BCUT2D eigenvalue weighted by atomic mass is 9.77. The Labute approximate surface area is 93.3 Å². The Morgan fingerprint density at radius 2 is 1.93 bits per heavy atom. The van der Waals surface area contributed by atoms with Crippen molar-refractivity contribution in [3.05, 3.63) is 0 Å². The van der Waals surface area contributed by atoms with Crippen LogP contribution >= 0.6 is 0 Å². The number of rotatable bonds is 5. The van der Waals surface area contributed by atoms with Crippen molar-refractivity contribution in [3.8, 4) is 0 Å². The van der Waals surface area contributed by atoms with Crippen molar-refractivity contribution in [2.45, 2.75) is 51.4 Å². The van der Waals surface area contributed by atoms with Crippen molar-refractivity contribution >= 4 is 0 Å². The van der Waals surface area contributed by atoms with Crippen molar-refractivity contribution in [1.82, 2.24) is 0 Å².